The molecule has 4 aliphatic rings. The minimum atomic E-state index is -0.833. The fourth-order valence-corrected chi connectivity index (χ4v) is 8.61. The number of aromatic hydroxyl groups is 1. The van der Waals surface area contributed by atoms with Gasteiger partial charge in [0.1, 0.15) is 24.2 Å². The monoisotopic (exact) mass is 789 g/mol. The molecule has 0 spiro atoms. The van der Waals surface area contributed by atoms with Gasteiger partial charge in [0.05, 0.1) is 23.4 Å². The van der Waals surface area contributed by atoms with Gasteiger partial charge in [-0.05, 0) is 104 Å². The highest BCUT2D eigenvalue weighted by Gasteiger charge is 2.37. The minimum Gasteiger partial charge on any atom is -0.506 e. The van der Waals surface area contributed by atoms with Crippen molar-refractivity contribution in [2.45, 2.75) is 50.5 Å². The molecule has 0 radical (unpaired) electrons. The molecule has 0 aliphatic carbocycles. The van der Waals surface area contributed by atoms with Crippen molar-refractivity contribution in [1.82, 2.24) is 35.2 Å². The van der Waals surface area contributed by atoms with E-state index in [4.69, 9.17) is 9.47 Å². The van der Waals surface area contributed by atoms with Crippen molar-refractivity contribution >= 4 is 22.9 Å². The highest BCUT2D eigenvalue weighted by Crippen LogP contribution is 2.32. The maximum Gasteiger partial charge on any atom is 0.408 e. The van der Waals surface area contributed by atoms with E-state index >= 15 is 0 Å². The molecule has 9 rings (SSSR count). The first-order valence-electron chi connectivity index (χ1n) is 20.2. The van der Waals surface area contributed by atoms with Gasteiger partial charge in [-0.1, -0.05) is 48.5 Å². The summed E-state index contributed by atoms with van der Waals surface area (Å²) in [5.74, 6) is 1.20. The number of likely N-dealkylation sites (tertiary alicyclic amines) is 1. The normalized spacial score (nSPS) is 20.4. The molecule has 6 heterocycles. The number of ether oxygens (including phenoxy) is 2. The molecule has 2 unspecified atom stereocenters. The van der Waals surface area contributed by atoms with Gasteiger partial charge in [0.25, 0.3) is 5.91 Å². The summed E-state index contributed by atoms with van der Waals surface area (Å²) in [4.78, 5) is 45.4. The van der Waals surface area contributed by atoms with Crippen LogP contribution in [0.3, 0.4) is 0 Å². The molecular weight excluding hydrogens is 739 g/mol. The number of aliphatic hydroxyl groups excluding tert-OH is 1. The van der Waals surface area contributed by atoms with Gasteiger partial charge in [-0.25, -0.2) is 4.79 Å². The molecule has 3 aromatic carbocycles. The van der Waals surface area contributed by atoms with Crippen molar-refractivity contribution in [3.05, 3.63) is 123 Å². The van der Waals surface area contributed by atoms with Crippen LogP contribution in [0.25, 0.3) is 10.9 Å². The third-order valence-corrected chi connectivity index (χ3v) is 12.0. The number of fused-ring (bicyclic) bond motifs is 4. The van der Waals surface area contributed by atoms with Crippen molar-refractivity contribution in [2.24, 2.45) is 18.9 Å². The lowest BCUT2D eigenvalue weighted by Gasteiger charge is -2.43. The van der Waals surface area contributed by atoms with Gasteiger partial charge in [-0.15, -0.1) is 0 Å². The average Bonchev–Trinajstić information content (AvgIpc) is 3.63. The van der Waals surface area contributed by atoms with E-state index in [0.29, 0.717) is 65.9 Å². The predicted octanol–water partition coefficient (Wildman–Crippen LogP) is 4.63. The van der Waals surface area contributed by atoms with E-state index in [1.54, 1.807) is 29.9 Å². The Kier molecular flexibility index (Phi) is 11.8. The predicted molar refractivity (Wildman–Crippen MR) is 218 cm³/mol. The first kappa shape index (κ1) is 39.1. The number of benzene rings is 3. The summed E-state index contributed by atoms with van der Waals surface area (Å²) in [6.07, 6.45) is 2.40. The Morgan fingerprint density at radius 3 is 2.47 bits per heavy atom. The van der Waals surface area contributed by atoms with Gasteiger partial charge in [0.15, 0.2) is 5.69 Å². The van der Waals surface area contributed by atoms with Crippen LogP contribution in [0.15, 0.2) is 89.7 Å². The third kappa shape index (κ3) is 8.89. The molecule has 14 heteroatoms. The molecule has 58 heavy (non-hydrogen) atoms. The van der Waals surface area contributed by atoms with E-state index in [2.05, 4.69) is 25.6 Å². The van der Waals surface area contributed by atoms with Crippen LogP contribution in [0.2, 0.25) is 0 Å². The van der Waals surface area contributed by atoms with Crippen LogP contribution in [0.5, 0.6) is 11.5 Å². The lowest BCUT2D eigenvalue weighted by Crippen LogP contribution is -2.52. The van der Waals surface area contributed by atoms with Crippen LogP contribution in [0.4, 0.5) is 4.79 Å². The lowest BCUT2D eigenvalue weighted by molar-refractivity contribution is -0.0336. The lowest BCUT2D eigenvalue weighted by atomic mass is 9.86. The van der Waals surface area contributed by atoms with Crippen LogP contribution < -0.4 is 20.9 Å². The maximum atomic E-state index is 13.5. The Morgan fingerprint density at radius 1 is 0.931 bits per heavy atom. The number of pyridine rings is 1. The Hall–Kier alpha value is -5.70. The zero-order chi connectivity index (χ0) is 40.2. The molecule has 2 bridgehead atoms. The number of aliphatic hydroxyl groups is 1. The Bertz CT molecular complexity index is 2280. The molecule has 4 saturated heterocycles. The molecule has 3 atom stereocenters. The number of H-pyrrole nitrogens is 1. The Morgan fingerprint density at radius 2 is 1.71 bits per heavy atom. The van der Waals surface area contributed by atoms with Crippen LogP contribution >= 0.6 is 0 Å². The average molecular weight is 790 g/mol. The van der Waals surface area contributed by atoms with E-state index in [0.717, 1.165) is 62.1 Å². The number of nitrogens with one attached hydrogen (secondary N) is 3. The second-order valence-corrected chi connectivity index (χ2v) is 15.8. The molecule has 14 nitrogen and oxygen atoms in total. The van der Waals surface area contributed by atoms with E-state index in [1.165, 1.54) is 12.1 Å². The number of hydrogen-bond acceptors (Lipinski definition) is 10. The summed E-state index contributed by atoms with van der Waals surface area (Å²) in [6, 6.07) is 25.0. The highest BCUT2D eigenvalue weighted by molar-refractivity contribution is 5.92. The summed E-state index contributed by atoms with van der Waals surface area (Å²) in [7, 11) is 1.80. The molecule has 4 aliphatic heterocycles. The van der Waals surface area contributed by atoms with E-state index < -0.39 is 18.2 Å². The first-order valence-corrected chi connectivity index (χ1v) is 20.2. The molecule has 5 aromatic rings. The fraction of sp³-hybridized carbons (Fsp3) is 0.409. The van der Waals surface area contributed by atoms with Gasteiger partial charge in [0, 0.05) is 44.7 Å². The SMILES string of the molecule is Cn1nc(C(=O)N2CCC(CNC[C@@H](O)c3ccc(O)c4[nH]c(=O)ccc34)CC2)cc1COc1cccc(C(NC(=O)OC2CN3CCC2CC3)c2ccccc2)c1. The van der Waals surface area contributed by atoms with E-state index in [1.807, 2.05) is 59.5 Å². The number of phenols is 1. The number of aryl methyl sites for hydroxylation is 1. The second kappa shape index (κ2) is 17.4. The number of piperidine rings is 4. The van der Waals surface area contributed by atoms with Crippen LogP contribution in [-0.2, 0) is 18.4 Å². The summed E-state index contributed by atoms with van der Waals surface area (Å²) in [5.41, 5.74) is 3.50. The molecular formula is C44H51N7O7. The highest BCUT2D eigenvalue weighted by atomic mass is 16.6. The first-order chi connectivity index (χ1) is 28.2. The van der Waals surface area contributed by atoms with Gasteiger partial charge < -0.3 is 40.2 Å². The van der Waals surface area contributed by atoms with Gasteiger partial charge >= 0.3 is 6.09 Å². The number of amides is 2. The number of hydrogen-bond donors (Lipinski definition) is 5. The molecule has 5 N–H and O–H groups in total. The van der Waals surface area contributed by atoms with Gasteiger partial charge in [0.2, 0.25) is 5.56 Å². The maximum absolute atomic E-state index is 13.5. The van der Waals surface area contributed by atoms with Crippen molar-refractivity contribution in [3.63, 3.8) is 0 Å². The smallest absolute Gasteiger partial charge is 0.408 e. The zero-order valence-electron chi connectivity index (χ0n) is 32.7. The second-order valence-electron chi connectivity index (χ2n) is 15.8. The summed E-state index contributed by atoms with van der Waals surface area (Å²) < 4.78 is 13.9. The molecule has 2 aromatic heterocycles. The van der Waals surface area contributed by atoms with Gasteiger partial charge in [-0.3, -0.25) is 19.2 Å². The van der Waals surface area contributed by atoms with Crippen LogP contribution in [0.1, 0.15) is 70.7 Å². The van der Waals surface area contributed by atoms with Crippen molar-refractivity contribution < 1.29 is 29.3 Å². The van der Waals surface area contributed by atoms with Crippen molar-refractivity contribution in [2.75, 3.05) is 45.8 Å². The number of aromatic amines is 1. The number of aromatic nitrogens is 3. The van der Waals surface area contributed by atoms with Crippen LogP contribution in [0, 0.1) is 11.8 Å². The van der Waals surface area contributed by atoms with E-state index in [-0.39, 0.29) is 29.9 Å². The quantitative estimate of drug-likeness (QED) is 0.113. The largest absolute Gasteiger partial charge is 0.506 e. The third-order valence-electron chi connectivity index (χ3n) is 12.0. The minimum absolute atomic E-state index is 0.0448. The number of carbonyl (C=O) groups excluding carboxylic acids is 2. The molecule has 2 amide bonds. The topological polar surface area (TPSA) is 174 Å². The van der Waals surface area contributed by atoms with Crippen LogP contribution in [-0.4, -0.2) is 98.7 Å². The fourth-order valence-electron chi connectivity index (χ4n) is 8.61. The summed E-state index contributed by atoms with van der Waals surface area (Å²) in [5, 5.41) is 32.7. The number of carbonyl (C=O) groups is 2. The number of alkyl carbamates (subject to hydrolysis) is 1. The van der Waals surface area contributed by atoms with Gasteiger partial charge in [-0.2, -0.15) is 5.10 Å². The molecule has 4 fully saturated rings. The summed E-state index contributed by atoms with van der Waals surface area (Å²) in [6.45, 7) is 5.33. The van der Waals surface area contributed by atoms with Crippen molar-refractivity contribution in [1.29, 1.82) is 0 Å². The number of rotatable bonds is 13. The number of phenolic OH excluding ortho intramolecular Hbond substituents is 1. The Labute approximate surface area is 336 Å². The van der Waals surface area contributed by atoms with E-state index in [9.17, 15) is 24.6 Å². The van der Waals surface area contributed by atoms with Crippen molar-refractivity contribution in [3.8, 4) is 11.5 Å². The zero-order valence-corrected chi connectivity index (χ0v) is 32.7. The Balaban J connectivity index is 0.829. The molecule has 304 valence electrons. The summed E-state index contributed by atoms with van der Waals surface area (Å²) >= 11 is 0. The number of nitrogens with zero attached hydrogens (tertiary/aromatic N) is 4. The molecule has 0 saturated carbocycles. The standard InChI is InChI=1S/C44H51N7O7/c1-49-32(27-57-33-9-5-8-31(22-33)41(30-6-3-2-4-7-30)47-44(56)58-39-26-50-18-16-29(39)17-19-50)23-36(48-49)43(55)51-20-14-28(15-21-51)24-45-25-38(53)34-10-12-37(52)42-35(34)11-13-40(54)46-42/h2-13,22-23,28-29,38-39,41,45,52-53H,14-21,24-27H2,1H3,(H,46,54)(H,47,56)/t38-,39?,41?/m1/s1.